The van der Waals surface area contributed by atoms with Gasteiger partial charge in [-0.1, -0.05) is 66.7 Å². The Bertz CT molecular complexity index is 1290. The summed E-state index contributed by atoms with van der Waals surface area (Å²) in [6.07, 6.45) is -0.656. The molecule has 3 nitrogen and oxygen atoms in total. The summed E-state index contributed by atoms with van der Waals surface area (Å²) in [4.78, 5) is 0. The van der Waals surface area contributed by atoms with Crippen LogP contribution in [0.4, 0.5) is 0 Å². The Labute approximate surface area is 169 Å². The average molecular weight is 383 g/mol. The molecule has 0 aliphatic carbocycles. The van der Waals surface area contributed by atoms with E-state index >= 15 is 0 Å². The van der Waals surface area contributed by atoms with E-state index in [-0.39, 0.29) is 6.61 Å². The van der Waals surface area contributed by atoms with Crippen LogP contribution in [0.5, 0.6) is 0 Å². The molecule has 0 aromatic heterocycles. The number of aliphatic hydroxyl groups excluding tert-OH is 2. The molecule has 0 amide bonds. The van der Waals surface area contributed by atoms with Gasteiger partial charge in [0.25, 0.3) is 0 Å². The predicted molar refractivity (Wildman–Crippen MR) is 122 cm³/mol. The second-order valence-corrected chi connectivity index (χ2v) is 8.31. The summed E-state index contributed by atoms with van der Waals surface area (Å²) in [5.41, 5.74) is 0.426. The predicted octanol–water partition coefficient (Wildman–Crippen LogP) is 4.96. The summed E-state index contributed by atoms with van der Waals surface area (Å²) in [5, 5.41) is 33.4. The second-order valence-electron chi connectivity index (χ2n) is 8.31. The smallest absolute Gasteiger partial charge is 0.0713 e. The normalized spacial score (nSPS) is 15.4. The highest BCUT2D eigenvalue weighted by Gasteiger charge is 2.28. The number of benzene rings is 5. The summed E-state index contributed by atoms with van der Waals surface area (Å²) in [6.45, 7) is 4.01. The molecule has 0 saturated heterocycles. The van der Waals surface area contributed by atoms with E-state index in [1.54, 1.807) is 6.92 Å². The van der Waals surface area contributed by atoms with Gasteiger partial charge in [-0.15, -0.1) is 0 Å². The molecule has 2 atom stereocenters. The lowest BCUT2D eigenvalue weighted by Crippen LogP contribution is -2.53. The van der Waals surface area contributed by atoms with E-state index in [0.717, 1.165) is 5.56 Å². The Balaban J connectivity index is 1.76. The van der Waals surface area contributed by atoms with Crippen LogP contribution in [0.15, 0.2) is 66.7 Å². The van der Waals surface area contributed by atoms with E-state index in [9.17, 15) is 10.2 Å². The van der Waals surface area contributed by atoms with Gasteiger partial charge in [-0.3, -0.25) is 0 Å². The standard InChI is InChI=1S/C26H25NO2/c1-16(29)26(2,15-28)27-14-18-12-13-23-21-10-4-7-17-6-3-9-20(24(17)21)22-11-5-8-19(18)25(22)23/h3-13,16,27-29H,14-15H2,1-2H3. The summed E-state index contributed by atoms with van der Waals surface area (Å²) in [6, 6.07) is 23.9. The number of fused-ring (bicyclic) bond motifs is 2. The first-order valence-electron chi connectivity index (χ1n) is 10.1. The molecule has 0 aliphatic heterocycles. The van der Waals surface area contributed by atoms with Crippen LogP contribution in [0, 0.1) is 0 Å². The largest absolute Gasteiger partial charge is 0.394 e. The Morgan fingerprint density at radius 2 is 1.34 bits per heavy atom. The Kier molecular flexibility index (Phi) is 4.21. The number of aliphatic hydroxyl groups is 2. The van der Waals surface area contributed by atoms with Gasteiger partial charge in [0.15, 0.2) is 0 Å². The molecule has 5 rings (SSSR count). The van der Waals surface area contributed by atoms with Crippen molar-refractivity contribution >= 4 is 43.1 Å². The van der Waals surface area contributed by atoms with Crippen LogP contribution in [0.2, 0.25) is 0 Å². The molecule has 0 saturated carbocycles. The topological polar surface area (TPSA) is 52.5 Å². The van der Waals surface area contributed by atoms with Crippen LogP contribution in [0.3, 0.4) is 0 Å². The molecule has 0 bridgehead atoms. The van der Waals surface area contributed by atoms with Gasteiger partial charge in [-0.2, -0.15) is 0 Å². The van der Waals surface area contributed by atoms with E-state index in [1.807, 2.05) is 6.92 Å². The average Bonchev–Trinajstić information content (AvgIpc) is 2.75. The van der Waals surface area contributed by atoms with Crippen molar-refractivity contribution in [3.8, 4) is 0 Å². The second kappa shape index (κ2) is 6.67. The third-order valence-electron chi connectivity index (χ3n) is 6.55. The molecule has 0 radical (unpaired) electrons. The molecule has 5 aromatic carbocycles. The number of rotatable bonds is 5. The lowest BCUT2D eigenvalue weighted by Gasteiger charge is -2.32. The highest BCUT2D eigenvalue weighted by Crippen LogP contribution is 2.40. The minimum atomic E-state index is -0.738. The fraction of sp³-hybridized carbons (Fsp3) is 0.231. The molecule has 0 spiro atoms. The Morgan fingerprint density at radius 1 is 0.793 bits per heavy atom. The van der Waals surface area contributed by atoms with E-state index in [2.05, 4.69) is 72.0 Å². The first-order valence-corrected chi connectivity index (χ1v) is 10.1. The number of hydrogen-bond donors (Lipinski definition) is 3. The molecular weight excluding hydrogens is 358 g/mol. The van der Waals surface area contributed by atoms with Crippen LogP contribution >= 0.6 is 0 Å². The highest BCUT2D eigenvalue weighted by atomic mass is 16.3. The van der Waals surface area contributed by atoms with Gasteiger partial charge in [0.1, 0.15) is 0 Å². The third-order valence-corrected chi connectivity index (χ3v) is 6.55. The number of hydrogen-bond acceptors (Lipinski definition) is 3. The maximum Gasteiger partial charge on any atom is 0.0713 e. The van der Waals surface area contributed by atoms with E-state index in [0.29, 0.717) is 6.54 Å². The minimum Gasteiger partial charge on any atom is -0.394 e. The van der Waals surface area contributed by atoms with Crippen LogP contribution in [-0.4, -0.2) is 28.5 Å². The molecule has 29 heavy (non-hydrogen) atoms. The zero-order valence-electron chi connectivity index (χ0n) is 16.7. The maximum absolute atomic E-state index is 10.1. The summed E-state index contributed by atoms with van der Waals surface area (Å²) in [5.74, 6) is 0. The Morgan fingerprint density at radius 3 is 1.97 bits per heavy atom. The van der Waals surface area contributed by atoms with E-state index < -0.39 is 11.6 Å². The molecule has 0 fully saturated rings. The van der Waals surface area contributed by atoms with Crippen molar-refractivity contribution < 1.29 is 10.2 Å². The van der Waals surface area contributed by atoms with Crippen LogP contribution < -0.4 is 5.32 Å². The fourth-order valence-corrected chi connectivity index (χ4v) is 4.49. The van der Waals surface area contributed by atoms with Gasteiger partial charge in [0.2, 0.25) is 0 Å². The monoisotopic (exact) mass is 383 g/mol. The third kappa shape index (κ3) is 2.70. The van der Waals surface area contributed by atoms with Crippen LogP contribution in [-0.2, 0) is 6.54 Å². The van der Waals surface area contributed by atoms with Crippen molar-refractivity contribution in [3.63, 3.8) is 0 Å². The molecule has 3 N–H and O–H groups in total. The van der Waals surface area contributed by atoms with Crippen molar-refractivity contribution in [1.82, 2.24) is 5.32 Å². The Hall–Kier alpha value is -2.72. The fourth-order valence-electron chi connectivity index (χ4n) is 4.49. The number of nitrogens with one attached hydrogen (secondary N) is 1. The van der Waals surface area contributed by atoms with Crippen molar-refractivity contribution in [2.75, 3.05) is 6.61 Å². The van der Waals surface area contributed by atoms with Gasteiger partial charge >= 0.3 is 0 Å². The minimum absolute atomic E-state index is 0.124. The van der Waals surface area contributed by atoms with Gasteiger partial charge in [-0.25, -0.2) is 0 Å². The first-order chi connectivity index (χ1) is 14.0. The van der Waals surface area contributed by atoms with Gasteiger partial charge in [0.05, 0.1) is 18.2 Å². The van der Waals surface area contributed by atoms with Crippen molar-refractivity contribution in [3.05, 3.63) is 72.3 Å². The zero-order valence-corrected chi connectivity index (χ0v) is 16.7. The molecule has 0 aliphatic rings. The molecule has 5 aromatic rings. The van der Waals surface area contributed by atoms with Gasteiger partial charge in [0, 0.05) is 6.54 Å². The van der Waals surface area contributed by atoms with Crippen LogP contribution in [0.25, 0.3) is 43.1 Å². The molecule has 146 valence electrons. The lowest BCUT2D eigenvalue weighted by atomic mass is 9.88. The maximum atomic E-state index is 10.1. The van der Waals surface area contributed by atoms with Crippen molar-refractivity contribution in [2.45, 2.75) is 32.0 Å². The van der Waals surface area contributed by atoms with Crippen molar-refractivity contribution in [1.29, 1.82) is 0 Å². The molecule has 3 heteroatoms. The molecule has 0 heterocycles. The summed E-state index contributed by atoms with van der Waals surface area (Å²) >= 11 is 0. The zero-order chi connectivity index (χ0) is 20.2. The first kappa shape index (κ1) is 18.3. The summed E-state index contributed by atoms with van der Waals surface area (Å²) < 4.78 is 0. The molecule has 2 unspecified atom stereocenters. The van der Waals surface area contributed by atoms with Gasteiger partial charge < -0.3 is 15.5 Å². The highest BCUT2D eigenvalue weighted by molar-refractivity contribution is 6.33. The summed E-state index contributed by atoms with van der Waals surface area (Å²) in [7, 11) is 0. The SMILES string of the molecule is CC(O)C(C)(CO)NCc1ccc2c3cccc4cccc(c5cccc1c52)c43. The van der Waals surface area contributed by atoms with E-state index in [1.165, 1.54) is 43.1 Å². The quantitative estimate of drug-likeness (QED) is 0.297. The lowest BCUT2D eigenvalue weighted by molar-refractivity contribution is 0.0404. The van der Waals surface area contributed by atoms with Gasteiger partial charge in [-0.05, 0) is 62.5 Å². The van der Waals surface area contributed by atoms with Crippen LogP contribution in [0.1, 0.15) is 19.4 Å². The van der Waals surface area contributed by atoms with Crippen molar-refractivity contribution in [2.24, 2.45) is 0 Å². The molecular formula is C26H25NO2. The van der Waals surface area contributed by atoms with E-state index in [4.69, 9.17) is 0 Å².